The molecule has 0 heterocycles. The first kappa shape index (κ1) is 13.5. The molecule has 0 aliphatic heterocycles. The van der Waals surface area contributed by atoms with Gasteiger partial charge in [0.1, 0.15) is 0 Å². The lowest BCUT2D eigenvalue weighted by molar-refractivity contribution is 0.144. The van der Waals surface area contributed by atoms with Crippen molar-refractivity contribution in [2.24, 2.45) is 0 Å². The Morgan fingerprint density at radius 2 is 2.00 bits per heavy atom. The van der Waals surface area contributed by atoms with E-state index in [1.165, 1.54) is 5.56 Å². The van der Waals surface area contributed by atoms with Gasteiger partial charge in [0.05, 0.1) is 0 Å². The molecule has 0 saturated carbocycles. The second-order valence-electron chi connectivity index (χ2n) is 3.78. The summed E-state index contributed by atoms with van der Waals surface area (Å²) in [5.41, 5.74) is 1.26. The van der Waals surface area contributed by atoms with E-state index in [2.05, 4.69) is 24.4 Å². The molecule has 90 valence electrons. The molecule has 1 atom stereocenters. The van der Waals surface area contributed by atoms with Crippen LogP contribution in [-0.2, 0) is 4.74 Å². The number of nitrogens with one attached hydrogen (secondary N) is 1. The zero-order valence-electron chi connectivity index (χ0n) is 10.0. The van der Waals surface area contributed by atoms with E-state index in [9.17, 15) is 0 Å². The number of halogens is 1. The van der Waals surface area contributed by atoms with Crippen molar-refractivity contribution >= 4 is 11.6 Å². The standard InChI is InChI=1S/C13H20ClNO/c1-3-16-10-4-9-15-11(2)12-5-7-13(14)8-6-12/h5-8,11,15H,3-4,9-10H2,1-2H3. The van der Waals surface area contributed by atoms with Crippen LogP contribution in [0.25, 0.3) is 0 Å². The molecule has 1 unspecified atom stereocenters. The van der Waals surface area contributed by atoms with Crippen molar-refractivity contribution in [2.75, 3.05) is 19.8 Å². The van der Waals surface area contributed by atoms with Gasteiger partial charge in [-0.25, -0.2) is 0 Å². The van der Waals surface area contributed by atoms with E-state index in [0.29, 0.717) is 6.04 Å². The predicted octanol–water partition coefficient (Wildman–Crippen LogP) is 3.42. The molecule has 1 N–H and O–H groups in total. The molecule has 1 rings (SSSR count). The second kappa shape index (κ2) is 7.66. The van der Waals surface area contributed by atoms with E-state index in [4.69, 9.17) is 16.3 Å². The van der Waals surface area contributed by atoms with Crippen molar-refractivity contribution in [1.82, 2.24) is 5.32 Å². The van der Waals surface area contributed by atoms with Gasteiger partial charge in [-0.2, -0.15) is 0 Å². The molecule has 0 amide bonds. The van der Waals surface area contributed by atoms with Gasteiger partial charge < -0.3 is 10.1 Å². The van der Waals surface area contributed by atoms with Crippen LogP contribution in [0.2, 0.25) is 5.02 Å². The predicted molar refractivity (Wildman–Crippen MR) is 69.0 cm³/mol. The number of hydrogen-bond acceptors (Lipinski definition) is 2. The Morgan fingerprint density at radius 1 is 1.31 bits per heavy atom. The summed E-state index contributed by atoms with van der Waals surface area (Å²) in [5, 5.41) is 4.24. The summed E-state index contributed by atoms with van der Waals surface area (Å²) in [4.78, 5) is 0. The molecule has 0 fully saturated rings. The van der Waals surface area contributed by atoms with Crippen LogP contribution in [0.1, 0.15) is 31.9 Å². The highest BCUT2D eigenvalue weighted by Gasteiger charge is 2.03. The van der Waals surface area contributed by atoms with Gasteiger partial charge >= 0.3 is 0 Å². The normalized spacial score (nSPS) is 12.7. The fourth-order valence-electron chi connectivity index (χ4n) is 1.51. The summed E-state index contributed by atoms with van der Waals surface area (Å²) in [7, 11) is 0. The SMILES string of the molecule is CCOCCCNC(C)c1ccc(Cl)cc1. The van der Waals surface area contributed by atoms with Gasteiger partial charge in [0.2, 0.25) is 0 Å². The molecule has 1 aromatic carbocycles. The fourth-order valence-corrected chi connectivity index (χ4v) is 1.63. The Hall–Kier alpha value is -0.570. The minimum atomic E-state index is 0.360. The van der Waals surface area contributed by atoms with Crippen LogP contribution in [0.3, 0.4) is 0 Å². The average molecular weight is 242 g/mol. The number of rotatable bonds is 7. The molecule has 1 aromatic rings. The highest BCUT2D eigenvalue weighted by atomic mass is 35.5. The highest BCUT2D eigenvalue weighted by molar-refractivity contribution is 6.30. The molecule has 0 spiro atoms. The minimum absolute atomic E-state index is 0.360. The van der Waals surface area contributed by atoms with Gasteiger partial charge in [0.15, 0.2) is 0 Å². The van der Waals surface area contributed by atoms with Crippen molar-refractivity contribution in [3.05, 3.63) is 34.9 Å². The monoisotopic (exact) mass is 241 g/mol. The molecular formula is C13H20ClNO. The van der Waals surface area contributed by atoms with Crippen LogP contribution < -0.4 is 5.32 Å². The Kier molecular flexibility index (Phi) is 6.46. The van der Waals surface area contributed by atoms with Gasteiger partial charge in [-0.3, -0.25) is 0 Å². The second-order valence-corrected chi connectivity index (χ2v) is 4.21. The molecule has 2 nitrogen and oxygen atoms in total. The summed E-state index contributed by atoms with van der Waals surface area (Å²) < 4.78 is 5.28. The number of benzene rings is 1. The lowest BCUT2D eigenvalue weighted by Crippen LogP contribution is -2.20. The minimum Gasteiger partial charge on any atom is -0.382 e. The fraction of sp³-hybridized carbons (Fsp3) is 0.538. The van der Waals surface area contributed by atoms with Crippen molar-refractivity contribution in [1.29, 1.82) is 0 Å². The Morgan fingerprint density at radius 3 is 2.62 bits per heavy atom. The maximum atomic E-state index is 5.84. The smallest absolute Gasteiger partial charge is 0.0477 e. The topological polar surface area (TPSA) is 21.3 Å². The molecule has 0 aliphatic carbocycles. The van der Waals surface area contributed by atoms with Crippen LogP contribution in [0.5, 0.6) is 0 Å². The van der Waals surface area contributed by atoms with E-state index in [0.717, 1.165) is 31.2 Å². The summed E-state index contributed by atoms with van der Waals surface area (Å²) in [6.07, 6.45) is 1.05. The third-order valence-electron chi connectivity index (χ3n) is 2.49. The van der Waals surface area contributed by atoms with Crippen LogP contribution in [-0.4, -0.2) is 19.8 Å². The molecule has 16 heavy (non-hydrogen) atoms. The highest BCUT2D eigenvalue weighted by Crippen LogP contribution is 2.15. The third kappa shape index (κ3) is 4.97. The Bertz CT molecular complexity index is 286. The van der Waals surface area contributed by atoms with Crippen molar-refractivity contribution < 1.29 is 4.74 Å². The van der Waals surface area contributed by atoms with E-state index >= 15 is 0 Å². The average Bonchev–Trinajstić information content (AvgIpc) is 2.29. The molecule has 0 aromatic heterocycles. The van der Waals surface area contributed by atoms with E-state index < -0.39 is 0 Å². The number of ether oxygens (including phenoxy) is 1. The van der Waals surface area contributed by atoms with Gasteiger partial charge in [-0.1, -0.05) is 23.7 Å². The first-order valence-electron chi connectivity index (χ1n) is 5.80. The first-order chi connectivity index (χ1) is 7.74. The first-order valence-corrected chi connectivity index (χ1v) is 6.18. The van der Waals surface area contributed by atoms with Gasteiger partial charge in [0.25, 0.3) is 0 Å². The lowest BCUT2D eigenvalue weighted by atomic mass is 10.1. The van der Waals surface area contributed by atoms with Crippen molar-refractivity contribution in [3.63, 3.8) is 0 Å². The van der Waals surface area contributed by atoms with Crippen molar-refractivity contribution in [3.8, 4) is 0 Å². The molecule has 0 saturated heterocycles. The quantitative estimate of drug-likeness (QED) is 0.739. The van der Waals surface area contributed by atoms with E-state index in [-0.39, 0.29) is 0 Å². The van der Waals surface area contributed by atoms with Gasteiger partial charge in [0, 0.05) is 24.3 Å². The Balaban J connectivity index is 2.24. The van der Waals surface area contributed by atoms with E-state index in [1.807, 2.05) is 19.1 Å². The Labute approximate surface area is 103 Å². The van der Waals surface area contributed by atoms with Crippen LogP contribution >= 0.6 is 11.6 Å². The zero-order valence-corrected chi connectivity index (χ0v) is 10.8. The van der Waals surface area contributed by atoms with Crippen molar-refractivity contribution in [2.45, 2.75) is 26.3 Å². The van der Waals surface area contributed by atoms with Crippen LogP contribution in [0, 0.1) is 0 Å². The van der Waals surface area contributed by atoms with Gasteiger partial charge in [-0.15, -0.1) is 0 Å². The summed E-state index contributed by atoms with van der Waals surface area (Å²) in [5.74, 6) is 0. The molecular weight excluding hydrogens is 222 g/mol. The zero-order chi connectivity index (χ0) is 11.8. The summed E-state index contributed by atoms with van der Waals surface area (Å²) >= 11 is 5.84. The maximum Gasteiger partial charge on any atom is 0.0477 e. The summed E-state index contributed by atoms with van der Waals surface area (Å²) in [6.45, 7) is 6.78. The largest absolute Gasteiger partial charge is 0.382 e. The lowest BCUT2D eigenvalue weighted by Gasteiger charge is -2.14. The van der Waals surface area contributed by atoms with Gasteiger partial charge in [-0.05, 0) is 44.5 Å². The molecule has 3 heteroatoms. The molecule has 0 bridgehead atoms. The molecule has 0 radical (unpaired) electrons. The number of hydrogen-bond donors (Lipinski definition) is 1. The van der Waals surface area contributed by atoms with Crippen LogP contribution in [0.4, 0.5) is 0 Å². The third-order valence-corrected chi connectivity index (χ3v) is 2.74. The maximum absolute atomic E-state index is 5.84. The summed E-state index contributed by atoms with van der Waals surface area (Å²) in [6, 6.07) is 8.33. The van der Waals surface area contributed by atoms with Crippen LogP contribution in [0.15, 0.2) is 24.3 Å². The molecule has 0 aliphatic rings. The van der Waals surface area contributed by atoms with E-state index in [1.54, 1.807) is 0 Å².